The van der Waals surface area contributed by atoms with Gasteiger partial charge < -0.3 is 14.4 Å². The molecule has 0 radical (unpaired) electrons. The van der Waals surface area contributed by atoms with Crippen molar-refractivity contribution in [2.75, 3.05) is 27.8 Å². The maximum Gasteiger partial charge on any atom is 0.337 e. The van der Waals surface area contributed by atoms with Crippen LogP contribution in [0, 0.1) is 0 Å². The van der Waals surface area contributed by atoms with Gasteiger partial charge in [-0.15, -0.1) is 0 Å². The average Bonchev–Trinajstić information content (AvgIpc) is 2.78. The number of nitrogens with zero attached hydrogens (tertiary/aromatic N) is 2. The van der Waals surface area contributed by atoms with Crippen molar-refractivity contribution < 1.29 is 19.1 Å². The van der Waals surface area contributed by atoms with Crippen molar-refractivity contribution >= 4 is 11.9 Å². The quantitative estimate of drug-likeness (QED) is 0.654. The molecule has 0 N–H and O–H groups in total. The van der Waals surface area contributed by atoms with Crippen LogP contribution in [0.4, 0.5) is 0 Å². The number of amides is 1. The molecule has 30 heavy (non-hydrogen) atoms. The Balaban J connectivity index is 1.78. The highest BCUT2D eigenvalue weighted by molar-refractivity contribution is 5.89. The highest BCUT2D eigenvalue weighted by Crippen LogP contribution is 2.23. The summed E-state index contributed by atoms with van der Waals surface area (Å²) in [5.41, 5.74) is 2.46. The summed E-state index contributed by atoms with van der Waals surface area (Å²) >= 11 is 0. The van der Waals surface area contributed by atoms with Gasteiger partial charge in [-0.3, -0.25) is 9.69 Å². The van der Waals surface area contributed by atoms with Crippen LogP contribution < -0.4 is 4.74 Å². The van der Waals surface area contributed by atoms with E-state index in [9.17, 15) is 9.59 Å². The number of hydrogen-bond donors (Lipinski definition) is 0. The summed E-state index contributed by atoms with van der Waals surface area (Å²) in [5, 5.41) is 0. The Bertz CT molecular complexity index is 849. The number of rotatable bonds is 7. The molecule has 0 bridgehead atoms. The largest absolute Gasteiger partial charge is 0.497 e. The van der Waals surface area contributed by atoms with E-state index in [1.807, 2.05) is 41.3 Å². The number of methoxy groups -OCH3 is 2. The maximum atomic E-state index is 13.3. The predicted octanol–water partition coefficient (Wildman–Crippen LogP) is 3.49. The van der Waals surface area contributed by atoms with E-state index < -0.39 is 0 Å². The molecule has 1 heterocycles. The normalized spacial score (nSPS) is 16.7. The molecule has 3 rings (SSSR count). The van der Waals surface area contributed by atoms with Crippen LogP contribution >= 0.6 is 0 Å². The van der Waals surface area contributed by atoms with E-state index >= 15 is 0 Å². The molecule has 1 amide bonds. The molecule has 1 fully saturated rings. The first-order valence-corrected chi connectivity index (χ1v) is 10.3. The number of ether oxygens (including phenoxy) is 2. The number of carbonyl (C=O) groups excluding carboxylic acids is 2. The van der Waals surface area contributed by atoms with Gasteiger partial charge in [0, 0.05) is 6.54 Å². The number of likely N-dealkylation sites (tertiary alicyclic amines) is 1. The van der Waals surface area contributed by atoms with Crippen LogP contribution in [0.2, 0.25) is 0 Å². The van der Waals surface area contributed by atoms with Crippen LogP contribution in [0.5, 0.6) is 5.75 Å². The molecule has 0 saturated carbocycles. The third-order valence-electron chi connectivity index (χ3n) is 5.65. The topological polar surface area (TPSA) is 59.1 Å². The average molecular weight is 411 g/mol. The van der Waals surface area contributed by atoms with Gasteiger partial charge in [0.15, 0.2) is 0 Å². The summed E-state index contributed by atoms with van der Waals surface area (Å²) < 4.78 is 9.98. The molecule has 0 aliphatic carbocycles. The smallest absolute Gasteiger partial charge is 0.337 e. The van der Waals surface area contributed by atoms with Crippen LogP contribution in [-0.2, 0) is 22.5 Å². The van der Waals surface area contributed by atoms with Crippen molar-refractivity contribution in [3.63, 3.8) is 0 Å². The zero-order chi connectivity index (χ0) is 21.5. The molecular weight excluding hydrogens is 380 g/mol. The fourth-order valence-corrected chi connectivity index (χ4v) is 3.89. The molecular formula is C24H30N2O4. The molecule has 2 aromatic rings. The Morgan fingerprint density at radius 3 is 2.27 bits per heavy atom. The van der Waals surface area contributed by atoms with Crippen LogP contribution in [0.15, 0.2) is 48.5 Å². The van der Waals surface area contributed by atoms with Crippen molar-refractivity contribution in [1.82, 2.24) is 9.80 Å². The Hall–Kier alpha value is -2.86. The molecule has 1 unspecified atom stereocenters. The second-order valence-electron chi connectivity index (χ2n) is 7.69. The Labute approximate surface area is 178 Å². The lowest BCUT2D eigenvalue weighted by atomic mass is 10.0. The number of benzene rings is 2. The zero-order valence-electron chi connectivity index (χ0n) is 18.0. The van der Waals surface area contributed by atoms with Crippen molar-refractivity contribution in [3.8, 4) is 5.75 Å². The van der Waals surface area contributed by atoms with Gasteiger partial charge in [-0.1, -0.05) is 24.3 Å². The molecule has 160 valence electrons. The minimum atomic E-state index is -0.360. The van der Waals surface area contributed by atoms with Gasteiger partial charge in [0.05, 0.1) is 32.4 Å². The van der Waals surface area contributed by atoms with Crippen molar-refractivity contribution in [2.24, 2.45) is 0 Å². The van der Waals surface area contributed by atoms with Gasteiger partial charge in [-0.05, 0) is 68.2 Å². The van der Waals surface area contributed by atoms with E-state index in [1.165, 1.54) is 7.11 Å². The van der Waals surface area contributed by atoms with Gasteiger partial charge in [-0.25, -0.2) is 4.79 Å². The summed E-state index contributed by atoms with van der Waals surface area (Å²) in [7, 11) is 5.08. The minimum Gasteiger partial charge on any atom is -0.497 e. The first kappa shape index (κ1) is 21.8. The molecule has 0 spiro atoms. The van der Waals surface area contributed by atoms with E-state index in [-0.39, 0.29) is 18.0 Å². The molecule has 1 atom stereocenters. The van der Waals surface area contributed by atoms with Crippen LogP contribution in [0.3, 0.4) is 0 Å². The third kappa shape index (κ3) is 5.39. The standard InChI is InChI=1S/C24H30N2O4/c1-25-15-5-4-6-22(25)26(17-19-7-11-20(12-8-19)24(28)30-3)23(27)16-18-9-13-21(29-2)14-10-18/h7-14,22H,4-6,15-17H2,1-3H3. The summed E-state index contributed by atoms with van der Waals surface area (Å²) in [6.07, 6.45) is 3.65. The predicted molar refractivity (Wildman–Crippen MR) is 115 cm³/mol. The lowest BCUT2D eigenvalue weighted by molar-refractivity contribution is -0.138. The molecule has 1 saturated heterocycles. The van der Waals surface area contributed by atoms with Gasteiger partial charge in [0.2, 0.25) is 5.91 Å². The highest BCUT2D eigenvalue weighted by Gasteiger charge is 2.29. The lowest BCUT2D eigenvalue weighted by Gasteiger charge is -2.41. The summed E-state index contributed by atoms with van der Waals surface area (Å²) in [5.74, 6) is 0.512. The van der Waals surface area contributed by atoms with Gasteiger partial charge in [0.1, 0.15) is 5.75 Å². The first-order valence-electron chi connectivity index (χ1n) is 10.3. The molecule has 6 nitrogen and oxygen atoms in total. The Morgan fingerprint density at radius 1 is 1.00 bits per heavy atom. The van der Waals surface area contributed by atoms with E-state index in [0.29, 0.717) is 18.5 Å². The Kier molecular flexibility index (Phi) is 7.46. The molecule has 1 aliphatic heterocycles. The van der Waals surface area contributed by atoms with Crippen LogP contribution in [0.1, 0.15) is 40.7 Å². The van der Waals surface area contributed by atoms with E-state index in [2.05, 4.69) is 11.9 Å². The van der Waals surface area contributed by atoms with E-state index in [1.54, 1.807) is 19.2 Å². The molecule has 6 heteroatoms. The number of hydrogen-bond acceptors (Lipinski definition) is 5. The zero-order valence-corrected chi connectivity index (χ0v) is 18.0. The van der Waals surface area contributed by atoms with Crippen molar-refractivity contribution in [3.05, 3.63) is 65.2 Å². The monoisotopic (exact) mass is 410 g/mol. The second kappa shape index (κ2) is 10.3. The van der Waals surface area contributed by atoms with Gasteiger partial charge in [-0.2, -0.15) is 0 Å². The maximum absolute atomic E-state index is 13.3. The van der Waals surface area contributed by atoms with Gasteiger partial charge >= 0.3 is 5.97 Å². The lowest BCUT2D eigenvalue weighted by Crippen LogP contribution is -2.51. The number of esters is 1. The van der Waals surface area contributed by atoms with Crippen molar-refractivity contribution in [2.45, 2.75) is 38.4 Å². The number of piperidine rings is 1. The van der Waals surface area contributed by atoms with Gasteiger partial charge in [0.25, 0.3) is 0 Å². The first-order chi connectivity index (χ1) is 14.5. The SMILES string of the molecule is COC(=O)c1ccc(CN(C(=O)Cc2ccc(OC)cc2)C2CCCCN2C)cc1. The fourth-order valence-electron chi connectivity index (χ4n) is 3.89. The molecule has 2 aromatic carbocycles. The summed E-state index contributed by atoms with van der Waals surface area (Å²) in [4.78, 5) is 29.3. The summed E-state index contributed by atoms with van der Waals surface area (Å²) in [6, 6.07) is 14.9. The third-order valence-corrected chi connectivity index (χ3v) is 5.65. The number of carbonyl (C=O) groups is 2. The van der Waals surface area contributed by atoms with Crippen LogP contribution in [0.25, 0.3) is 0 Å². The van der Waals surface area contributed by atoms with Crippen LogP contribution in [-0.4, -0.2) is 55.7 Å². The summed E-state index contributed by atoms with van der Waals surface area (Å²) in [6.45, 7) is 1.49. The van der Waals surface area contributed by atoms with E-state index in [0.717, 1.165) is 42.7 Å². The van der Waals surface area contributed by atoms with Crippen molar-refractivity contribution in [1.29, 1.82) is 0 Å². The molecule has 1 aliphatic rings. The Morgan fingerprint density at radius 2 is 1.67 bits per heavy atom. The second-order valence-corrected chi connectivity index (χ2v) is 7.69. The highest BCUT2D eigenvalue weighted by atomic mass is 16.5. The van der Waals surface area contributed by atoms with E-state index in [4.69, 9.17) is 9.47 Å². The fraction of sp³-hybridized carbons (Fsp3) is 0.417. The molecule has 0 aromatic heterocycles. The minimum absolute atomic E-state index is 0.0739.